The average molecular weight is 490 g/mol. The van der Waals surface area contributed by atoms with Crippen molar-refractivity contribution in [1.29, 1.82) is 0 Å². The molecule has 0 saturated heterocycles. The van der Waals surface area contributed by atoms with Gasteiger partial charge in [0.15, 0.2) is 11.6 Å². The molecule has 0 rings (SSSR count). The van der Waals surface area contributed by atoms with Crippen LogP contribution in [0.3, 0.4) is 0 Å². The molecule has 34 heavy (non-hydrogen) atoms. The Balaban J connectivity index is 7.68. The molecule has 0 aromatic carbocycles. The number of nitrogens with one attached hydrogen (secondary N) is 3. The molecule has 0 aromatic heterocycles. The van der Waals surface area contributed by atoms with Crippen LogP contribution < -0.4 is 16.0 Å². The Morgan fingerprint density at radius 2 is 1.41 bits per heavy atom. The smallest absolute Gasteiger partial charge is 0.349 e. The highest BCUT2D eigenvalue weighted by molar-refractivity contribution is 6.16. The number of Topliss-reactive ketones (excluding diaryl/α,β-unsaturated/α-hetero) is 2. The van der Waals surface area contributed by atoms with Gasteiger partial charge in [0.25, 0.3) is 0 Å². The van der Waals surface area contributed by atoms with Crippen LogP contribution in [0.2, 0.25) is 0 Å². The fourth-order valence-electron chi connectivity index (χ4n) is 4.41. The van der Waals surface area contributed by atoms with Crippen molar-refractivity contribution in [3.63, 3.8) is 0 Å². The molecular weight excluding hydrogens is 446 g/mol. The van der Waals surface area contributed by atoms with E-state index in [0.29, 0.717) is 6.42 Å². The number of hydrogen-bond donors (Lipinski definition) is 6. The summed E-state index contributed by atoms with van der Waals surface area (Å²) in [5.41, 5.74) is -5.30. The molecule has 0 aliphatic rings. The van der Waals surface area contributed by atoms with Gasteiger partial charge < -0.3 is 36.0 Å². The maximum absolute atomic E-state index is 14.3. The zero-order valence-electron chi connectivity index (χ0n) is 21.6. The van der Waals surface area contributed by atoms with Crippen molar-refractivity contribution in [1.82, 2.24) is 16.0 Å². The van der Waals surface area contributed by atoms with E-state index in [2.05, 4.69) is 16.0 Å². The number of aliphatic hydroxyl groups is 2. The zero-order valence-corrected chi connectivity index (χ0v) is 21.6. The lowest BCUT2D eigenvalue weighted by molar-refractivity contribution is -0.207. The average Bonchev–Trinajstić information content (AvgIpc) is 2.75. The Labute approximate surface area is 202 Å². The summed E-state index contributed by atoms with van der Waals surface area (Å²) < 4.78 is 5.49. The van der Waals surface area contributed by atoms with Gasteiger partial charge in [-0.25, -0.2) is 4.79 Å². The lowest BCUT2D eigenvalue weighted by Crippen LogP contribution is -2.71. The first-order chi connectivity index (χ1) is 15.7. The van der Waals surface area contributed by atoms with Crippen LogP contribution in [-0.2, 0) is 23.9 Å². The third kappa shape index (κ3) is 6.82. The number of rotatable bonds is 17. The summed E-state index contributed by atoms with van der Waals surface area (Å²) in [7, 11) is 4.42. The minimum Gasteiger partial charge on any atom is -0.478 e. The van der Waals surface area contributed by atoms with Gasteiger partial charge in [-0.1, -0.05) is 20.3 Å². The number of ether oxygens (including phenoxy) is 1. The molecule has 0 amide bonds. The molecule has 4 unspecified atom stereocenters. The van der Waals surface area contributed by atoms with Crippen LogP contribution in [0.5, 0.6) is 0 Å². The van der Waals surface area contributed by atoms with Crippen molar-refractivity contribution in [3.05, 3.63) is 0 Å². The van der Waals surface area contributed by atoms with Crippen molar-refractivity contribution in [2.24, 2.45) is 11.3 Å². The highest BCUT2D eigenvalue weighted by Crippen LogP contribution is 2.47. The van der Waals surface area contributed by atoms with E-state index in [1.165, 1.54) is 41.9 Å². The molecule has 198 valence electrons. The van der Waals surface area contributed by atoms with Crippen LogP contribution in [0.25, 0.3) is 0 Å². The van der Waals surface area contributed by atoms with Gasteiger partial charge in [0.2, 0.25) is 5.60 Å². The van der Waals surface area contributed by atoms with E-state index in [9.17, 15) is 34.5 Å². The first-order valence-corrected chi connectivity index (χ1v) is 11.6. The highest BCUT2D eigenvalue weighted by Gasteiger charge is 2.69. The SMILES string of the molecule is CC[C@@H](C)[C@H](NC)C(=O)C(CC(C)O)(C(=O)[C@H](C)NC)C(CC(C)O)(OC(=O)CNC)C(=O)O. The second kappa shape index (κ2) is 13.8. The van der Waals surface area contributed by atoms with Gasteiger partial charge in [-0.2, -0.15) is 0 Å². The third-order valence-corrected chi connectivity index (χ3v) is 6.30. The van der Waals surface area contributed by atoms with E-state index >= 15 is 0 Å². The molecule has 0 saturated carbocycles. The molecule has 7 atom stereocenters. The molecule has 11 nitrogen and oxygen atoms in total. The summed E-state index contributed by atoms with van der Waals surface area (Å²) in [6, 6.07) is -2.03. The molecule has 0 aromatic rings. The minimum absolute atomic E-state index is 0.324. The number of carbonyl (C=O) groups excluding carboxylic acids is 3. The fourth-order valence-corrected chi connectivity index (χ4v) is 4.41. The fraction of sp³-hybridized carbons (Fsp3) is 0.826. The van der Waals surface area contributed by atoms with Crippen LogP contribution in [0.4, 0.5) is 0 Å². The van der Waals surface area contributed by atoms with Crippen LogP contribution in [0, 0.1) is 11.3 Å². The molecule has 0 aliphatic heterocycles. The number of aliphatic carboxylic acids is 1. The first kappa shape index (κ1) is 32.1. The van der Waals surface area contributed by atoms with Crippen molar-refractivity contribution in [2.75, 3.05) is 27.7 Å². The summed E-state index contributed by atoms with van der Waals surface area (Å²) >= 11 is 0. The van der Waals surface area contributed by atoms with Gasteiger partial charge in [0.1, 0.15) is 5.41 Å². The van der Waals surface area contributed by atoms with E-state index in [1.54, 1.807) is 6.92 Å². The predicted octanol–water partition coefficient (Wildman–Crippen LogP) is -0.519. The van der Waals surface area contributed by atoms with Gasteiger partial charge in [-0.3, -0.25) is 14.4 Å². The number of esters is 1. The first-order valence-electron chi connectivity index (χ1n) is 11.6. The number of carboxylic acid groups (broad SMARTS) is 1. The van der Waals surface area contributed by atoms with Gasteiger partial charge in [0, 0.05) is 6.42 Å². The van der Waals surface area contributed by atoms with Crippen molar-refractivity contribution >= 4 is 23.5 Å². The second-order valence-corrected chi connectivity index (χ2v) is 9.04. The maximum Gasteiger partial charge on any atom is 0.349 e. The Morgan fingerprint density at radius 1 is 0.882 bits per heavy atom. The van der Waals surface area contributed by atoms with E-state index in [4.69, 9.17) is 4.74 Å². The number of likely N-dealkylation sites (N-methyl/N-ethyl adjacent to an activating group) is 3. The lowest BCUT2D eigenvalue weighted by atomic mass is 9.57. The number of aliphatic hydroxyl groups excluding tert-OH is 2. The van der Waals surface area contributed by atoms with Crippen molar-refractivity contribution in [3.8, 4) is 0 Å². The Hall–Kier alpha value is -1.92. The zero-order chi connectivity index (χ0) is 26.9. The minimum atomic E-state index is -2.78. The largest absolute Gasteiger partial charge is 0.478 e. The summed E-state index contributed by atoms with van der Waals surface area (Å²) in [6.07, 6.45) is -3.53. The molecular formula is C23H43N3O8. The predicted molar refractivity (Wildman–Crippen MR) is 126 cm³/mol. The highest BCUT2D eigenvalue weighted by atomic mass is 16.6. The summed E-state index contributed by atoms with van der Waals surface area (Å²) in [4.78, 5) is 53.9. The van der Waals surface area contributed by atoms with Crippen LogP contribution in [-0.4, -0.2) is 96.4 Å². The van der Waals surface area contributed by atoms with Gasteiger partial charge in [-0.15, -0.1) is 0 Å². The van der Waals surface area contributed by atoms with E-state index in [-0.39, 0.29) is 5.92 Å². The molecule has 0 bridgehead atoms. The topological polar surface area (TPSA) is 174 Å². The Kier molecular flexibility index (Phi) is 13.1. The molecule has 6 N–H and O–H groups in total. The summed E-state index contributed by atoms with van der Waals surface area (Å²) in [5, 5.41) is 39.4. The number of ketones is 2. The molecule has 0 aliphatic carbocycles. The van der Waals surface area contributed by atoms with Crippen LogP contribution >= 0.6 is 0 Å². The molecule has 0 fully saturated rings. The van der Waals surface area contributed by atoms with Gasteiger partial charge in [0.05, 0.1) is 30.8 Å². The van der Waals surface area contributed by atoms with Gasteiger partial charge in [-0.05, 0) is 54.3 Å². The maximum atomic E-state index is 14.3. The Bertz CT molecular complexity index is 714. The molecule has 0 radical (unpaired) electrons. The number of carbonyl (C=O) groups is 4. The van der Waals surface area contributed by atoms with Gasteiger partial charge >= 0.3 is 11.9 Å². The number of carboxylic acids is 1. The molecule has 0 heterocycles. The monoisotopic (exact) mass is 489 g/mol. The quantitative estimate of drug-likeness (QED) is 0.115. The van der Waals surface area contributed by atoms with E-state index in [0.717, 1.165) is 0 Å². The summed E-state index contributed by atoms with van der Waals surface area (Å²) in [5.74, 6) is -4.79. The third-order valence-electron chi connectivity index (χ3n) is 6.30. The standard InChI is InChI=1S/C23H43N3O8/c1-9-13(2)18(26-8)20(31)22(10-14(3)27,19(30)16(5)25-7)23(21(32)33,11-15(4)28)34-17(29)12-24-6/h13-16,18,24-28H,9-12H2,1-8H3,(H,32,33)/t13-,14?,15?,16+,18+,22?,23?/m1/s1. The molecule has 11 heteroatoms. The lowest BCUT2D eigenvalue weighted by Gasteiger charge is -2.48. The number of hydrogen-bond acceptors (Lipinski definition) is 10. The normalized spacial score (nSPS) is 19.6. The van der Waals surface area contributed by atoms with Crippen LogP contribution in [0.1, 0.15) is 53.9 Å². The second-order valence-electron chi connectivity index (χ2n) is 9.04. The Morgan fingerprint density at radius 3 is 1.76 bits per heavy atom. The molecule has 0 spiro atoms. The van der Waals surface area contributed by atoms with E-state index in [1.807, 2.05) is 6.92 Å². The van der Waals surface area contributed by atoms with E-state index < -0.39 is 78.2 Å². The van der Waals surface area contributed by atoms with Crippen LogP contribution in [0.15, 0.2) is 0 Å². The van der Waals surface area contributed by atoms with Crippen molar-refractivity contribution < 1.29 is 39.2 Å². The summed E-state index contributed by atoms with van der Waals surface area (Å²) in [6.45, 7) is 7.25. The van der Waals surface area contributed by atoms with Crippen molar-refractivity contribution in [2.45, 2.75) is 83.8 Å².